The molecular formula is C16H26N4O2S. The van der Waals surface area contributed by atoms with Gasteiger partial charge in [0.15, 0.2) is 0 Å². The Balaban J connectivity index is 1.55. The van der Waals surface area contributed by atoms with Gasteiger partial charge in [-0.05, 0) is 43.2 Å². The van der Waals surface area contributed by atoms with Crippen LogP contribution in [0.3, 0.4) is 0 Å². The molecule has 3 heterocycles. The maximum absolute atomic E-state index is 12.3. The van der Waals surface area contributed by atoms with Crippen molar-refractivity contribution in [3.05, 3.63) is 23.9 Å². The Morgan fingerprint density at radius 3 is 2.48 bits per heavy atom. The summed E-state index contributed by atoms with van der Waals surface area (Å²) in [6.45, 7) is 5.82. The molecule has 0 aliphatic carbocycles. The van der Waals surface area contributed by atoms with Crippen LogP contribution in [0.25, 0.3) is 0 Å². The van der Waals surface area contributed by atoms with Gasteiger partial charge in [0.2, 0.25) is 0 Å². The lowest BCUT2D eigenvalue weighted by atomic mass is 10.0. The maximum Gasteiger partial charge on any atom is 0.279 e. The van der Waals surface area contributed by atoms with Crippen LogP contribution in [0.4, 0.5) is 5.82 Å². The minimum Gasteiger partial charge on any atom is -0.357 e. The highest BCUT2D eigenvalue weighted by molar-refractivity contribution is 7.87. The van der Waals surface area contributed by atoms with Gasteiger partial charge in [-0.1, -0.05) is 13.0 Å². The van der Waals surface area contributed by atoms with Crippen LogP contribution in [0.15, 0.2) is 18.3 Å². The molecule has 1 aromatic rings. The summed E-state index contributed by atoms with van der Waals surface area (Å²) in [5.41, 5.74) is 0.891. The van der Waals surface area contributed by atoms with Crippen molar-refractivity contribution in [2.45, 2.75) is 39.2 Å². The van der Waals surface area contributed by atoms with Gasteiger partial charge >= 0.3 is 0 Å². The van der Waals surface area contributed by atoms with E-state index in [1.54, 1.807) is 10.5 Å². The quantitative estimate of drug-likeness (QED) is 0.888. The minimum absolute atomic E-state index is 0.293. The van der Waals surface area contributed by atoms with Gasteiger partial charge in [0.05, 0.1) is 0 Å². The largest absolute Gasteiger partial charge is 0.357 e. The minimum atomic E-state index is -3.39. The Labute approximate surface area is 139 Å². The number of hydrogen-bond donors (Lipinski definition) is 1. The van der Waals surface area contributed by atoms with E-state index in [1.165, 1.54) is 12.8 Å². The summed E-state index contributed by atoms with van der Waals surface area (Å²) in [6, 6.07) is 3.94. The zero-order valence-corrected chi connectivity index (χ0v) is 14.6. The van der Waals surface area contributed by atoms with E-state index in [4.69, 9.17) is 0 Å². The number of hydrogen-bond acceptors (Lipinski definition) is 4. The van der Waals surface area contributed by atoms with Crippen LogP contribution in [0.1, 0.15) is 38.2 Å². The second-order valence-electron chi connectivity index (χ2n) is 6.63. The third kappa shape index (κ3) is 4.22. The summed E-state index contributed by atoms with van der Waals surface area (Å²) in [7, 11) is -3.39. The predicted molar refractivity (Wildman–Crippen MR) is 91.4 cm³/mol. The van der Waals surface area contributed by atoms with Gasteiger partial charge < -0.3 is 4.90 Å². The fraction of sp³-hybridized carbons (Fsp3) is 0.688. The molecule has 128 valence electrons. The van der Waals surface area contributed by atoms with Crippen molar-refractivity contribution in [3.8, 4) is 0 Å². The van der Waals surface area contributed by atoms with Gasteiger partial charge in [-0.25, -0.2) is 4.98 Å². The molecule has 0 bridgehead atoms. The molecule has 0 spiro atoms. The van der Waals surface area contributed by atoms with E-state index < -0.39 is 10.2 Å². The Morgan fingerprint density at radius 1 is 1.17 bits per heavy atom. The van der Waals surface area contributed by atoms with Crippen molar-refractivity contribution in [1.29, 1.82) is 0 Å². The Bertz CT molecular complexity index is 603. The van der Waals surface area contributed by atoms with Crippen molar-refractivity contribution < 1.29 is 8.42 Å². The van der Waals surface area contributed by atoms with E-state index in [0.29, 0.717) is 25.6 Å². The molecule has 1 N–H and O–H groups in total. The average Bonchev–Trinajstić information content (AvgIpc) is 3.08. The molecule has 0 unspecified atom stereocenters. The van der Waals surface area contributed by atoms with E-state index in [9.17, 15) is 8.42 Å². The van der Waals surface area contributed by atoms with Crippen LogP contribution in [-0.4, -0.2) is 43.9 Å². The molecule has 0 atom stereocenters. The fourth-order valence-corrected chi connectivity index (χ4v) is 4.37. The van der Waals surface area contributed by atoms with Gasteiger partial charge in [0.1, 0.15) is 5.82 Å². The van der Waals surface area contributed by atoms with Crippen LogP contribution < -0.4 is 9.62 Å². The standard InChI is InChI=1S/C16H26N4O2S/c1-14-6-10-20(11-7-14)23(21,22)18-13-15-4-5-16(17-12-15)19-8-2-3-9-19/h4-5,12,14,18H,2-3,6-11,13H2,1H3. The van der Waals surface area contributed by atoms with Crippen LogP contribution in [0.2, 0.25) is 0 Å². The zero-order valence-electron chi connectivity index (χ0n) is 13.7. The highest BCUT2D eigenvalue weighted by Gasteiger charge is 2.25. The van der Waals surface area contributed by atoms with E-state index in [0.717, 1.165) is 37.3 Å². The van der Waals surface area contributed by atoms with Crippen molar-refractivity contribution >= 4 is 16.0 Å². The van der Waals surface area contributed by atoms with Crippen molar-refractivity contribution in [2.75, 3.05) is 31.1 Å². The lowest BCUT2D eigenvalue weighted by Gasteiger charge is -2.29. The van der Waals surface area contributed by atoms with E-state index in [2.05, 4.69) is 21.5 Å². The molecule has 2 aliphatic heterocycles. The van der Waals surface area contributed by atoms with Gasteiger partial charge in [-0.3, -0.25) is 0 Å². The molecule has 7 heteroatoms. The van der Waals surface area contributed by atoms with Crippen LogP contribution in [-0.2, 0) is 16.8 Å². The monoisotopic (exact) mass is 338 g/mol. The first-order valence-electron chi connectivity index (χ1n) is 8.49. The summed E-state index contributed by atoms with van der Waals surface area (Å²) >= 11 is 0. The molecule has 0 radical (unpaired) electrons. The predicted octanol–water partition coefficient (Wildman–Crippen LogP) is 1.75. The SMILES string of the molecule is CC1CCN(S(=O)(=O)NCc2ccc(N3CCCC3)nc2)CC1. The van der Waals surface area contributed by atoms with E-state index >= 15 is 0 Å². The molecule has 2 aliphatic rings. The number of aromatic nitrogens is 1. The normalized spacial score (nSPS) is 21.0. The second kappa shape index (κ2) is 7.15. The van der Waals surface area contributed by atoms with Gasteiger partial charge in [-0.2, -0.15) is 17.4 Å². The zero-order chi connectivity index (χ0) is 16.3. The fourth-order valence-electron chi connectivity index (χ4n) is 3.15. The number of piperidine rings is 1. The van der Waals surface area contributed by atoms with E-state index in [1.807, 2.05) is 12.1 Å². The number of nitrogens with one attached hydrogen (secondary N) is 1. The summed E-state index contributed by atoms with van der Waals surface area (Å²) < 4.78 is 28.9. The number of anilines is 1. The molecule has 0 saturated carbocycles. The first kappa shape index (κ1) is 16.7. The smallest absolute Gasteiger partial charge is 0.279 e. The van der Waals surface area contributed by atoms with Crippen LogP contribution in [0, 0.1) is 5.92 Å². The molecule has 0 amide bonds. The summed E-state index contributed by atoms with van der Waals surface area (Å²) in [6.07, 6.45) is 6.09. The second-order valence-corrected chi connectivity index (χ2v) is 8.38. The van der Waals surface area contributed by atoms with Crippen molar-refractivity contribution in [2.24, 2.45) is 5.92 Å². The highest BCUT2D eigenvalue weighted by Crippen LogP contribution is 2.19. The molecular weight excluding hydrogens is 312 g/mol. The van der Waals surface area contributed by atoms with Crippen molar-refractivity contribution in [1.82, 2.24) is 14.0 Å². The Morgan fingerprint density at radius 2 is 1.87 bits per heavy atom. The maximum atomic E-state index is 12.3. The highest BCUT2D eigenvalue weighted by atomic mass is 32.2. The number of rotatable bonds is 5. The molecule has 0 aromatic carbocycles. The molecule has 3 rings (SSSR count). The first-order chi connectivity index (χ1) is 11.0. The summed E-state index contributed by atoms with van der Waals surface area (Å²) in [5.74, 6) is 1.60. The Hall–Kier alpha value is -1.18. The molecule has 23 heavy (non-hydrogen) atoms. The lowest BCUT2D eigenvalue weighted by Crippen LogP contribution is -2.44. The summed E-state index contributed by atoms with van der Waals surface area (Å²) in [4.78, 5) is 6.73. The van der Waals surface area contributed by atoms with Crippen LogP contribution in [0.5, 0.6) is 0 Å². The number of pyridine rings is 1. The van der Waals surface area contributed by atoms with Crippen LogP contribution >= 0.6 is 0 Å². The number of nitrogens with zero attached hydrogens (tertiary/aromatic N) is 3. The Kier molecular flexibility index (Phi) is 5.18. The lowest BCUT2D eigenvalue weighted by molar-refractivity contribution is 0.285. The third-order valence-electron chi connectivity index (χ3n) is 4.78. The molecule has 2 saturated heterocycles. The third-order valence-corrected chi connectivity index (χ3v) is 6.33. The van der Waals surface area contributed by atoms with E-state index in [-0.39, 0.29) is 0 Å². The van der Waals surface area contributed by atoms with Crippen molar-refractivity contribution in [3.63, 3.8) is 0 Å². The van der Waals surface area contributed by atoms with Gasteiger partial charge in [0, 0.05) is 38.9 Å². The molecule has 2 fully saturated rings. The first-order valence-corrected chi connectivity index (χ1v) is 9.93. The summed E-state index contributed by atoms with van der Waals surface area (Å²) in [5, 5.41) is 0. The van der Waals surface area contributed by atoms with Gasteiger partial charge in [-0.15, -0.1) is 0 Å². The molecule has 1 aromatic heterocycles. The average molecular weight is 338 g/mol. The molecule has 6 nitrogen and oxygen atoms in total. The van der Waals surface area contributed by atoms with Gasteiger partial charge in [0.25, 0.3) is 10.2 Å². The topological polar surface area (TPSA) is 65.5 Å².